The largest absolute Gasteiger partial charge is 0.495 e. The molecule has 0 atom stereocenters. The van der Waals surface area contributed by atoms with E-state index in [-0.39, 0.29) is 35.2 Å². The maximum atomic E-state index is 13.4. The standard InChI is InChI=1S/C23H16F8N4O5S/c1-40-19-5-2-11(20(36)32-14-3-4-16(24)17(25)10-14)6-18(19)34-41(38,39)35-21(37)33-15-8-12(22(26,27)28)7-13(9-15)23(29,30)31/h2-10,34H,1H3,(H,32,36)(H2,33,35,37). The summed E-state index contributed by atoms with van der Waals surface area (Å²) in [4.78, 5) is 24.7. The monoisotopic (exact) mass is 612 g/mol. The van der Waals surface area contributed by atoms with Gasteiger partial charge in [-0.1, -0.05) is 0 Å². The van der Waals surface area contributed by atoms with Gasteiger partial charge in [0.05, 0.1) is 23.9 Å². The van der Waals surface area contributed by atoms with Gasteiger partial charge in [-0.05, 0) is 48.5 Å². The Morgan fingerprint density at radius 2 is 1.37 bits per heavy atom. The lowest BCUT2D eigenvalue weighted by molar-refractivity contribution is -0.143. The fraction of sp³-hybridized carbons (Fsp3) is 0.130. The molecule has 3 rings (SSSR count). The third-order valence-electron chi connectivity index (χ3n) is 4.96. The molecule has 0 saturated heterocycles. The van der Waals surface area contributed by atoms with E-state index >= 15 is 0 Å². The lowest BCUT2D eigenvalue weighted by Crippen LogP contribution is -2.38. The molecular formula is C23H16F8N4O5S. The van der Waals surface area contributed by atoms with Crippen LogP contribution in [0.2, 0.25) is 0 Å². The molecule has 9 nitrogen and oxygen atoms in total. The summed E-state index contributed by atoms with van der Waals surface area (Å²) in [6, 6.07) is 4.09. The van der Waals surface area contributed by atoms with E-state index in [9.17, 15) is 53.1 Å². The van der Waals surface area contributed by atoms with Gasteiger partial charge >= 0.3 is 28.6 Å². The zero-order valence-electron chi connectivity index (χ0n) is 20.2. The number of rotatable bonds is 7. The molecule has 41 heavy (non-hydrogen) atoms. The van der Waals surface area contributed by atoms with Crippen LogP contribution in [0.4, 0.5) is 57.0 Å². The maximum absolute atomic E-state index is 13.4. The van der Waals surface area contributed by atoms with Crippen LogP contribution >= 0.6 is 0 Å². The highest BCUT2D eigenvalue weighted by atomic mass is 32.2. The van der Waals surface area contributed by atoms with Gasteiger partial charge in [0.1, 0.15) is 5.75 Å². The van der Waals surface area contributed by atoms with E-state index in [2.05, 4.69) is 5.32 Å². The Labute approximate surface area is 225 Å². The van der Waals surface area contributed by atoms with Crippen LogP contribution in [0.25, 0.3) is 0 Å². The number of urea groups is 1. The molecule has 3 aromatic rings. The van der Waals surface area contributed by atoms with Crippen molar-refractivity contribution in [1.82, 2.24) is 4.72 Å². The summed E-state index contributed by atoms with van der Waals surface area (Å²) in [5.74, 6) is -3.52. The molecule has 0 spiro atoms. The number of methoxy groups -OCH3 is 1. The third kappa shape index (κ3) is 8.19. The minimum Gasteiger partial charge on any atom is -0.495 e. The highest BCUT2D eigenvalue weighted by molar-refractivity contribution is 7.91. The Hall–Kier alpha value is -4.61. The Morgan fingerprint density at radius 3 is 1.90 bits per heavy atom. The first kappa shape index (κ1) is 30.9. The minimum absolute atomic E-state index is 0.145. The summed E-state index contributed by atoms with van der Waals surface area (Å²) in [5, 5.41) is 3.82. The summed E-state index contributed by atoms with van der Waals surface area (Å²) in [6.45, 7) is 0. The van der Waals surface area contributed by atoms with Crippen LogP contribution in [0.5, 0.6) is 5.75 Å². The van der Waals surface area contributed by atoms with Gasteiger partial charge in [-0.3, -0.25) is 9.52 Å². The highest BCUT2D eigenvalue weighted by Crippen LogP contribution is 2.37. The average molecular weight is 612 g/mol. The van der Waals surface area contributed by atoms with E-state index < -0.39 is 68.6 Å². The smallest absolute Gasteiger partial charge is 0.416 e. The highest BCUT2D eigenvalue weighted by Gasteiger charge is 2.37. The molecule has 0 heterocycles. The van der Waals surface area contributed by atoms with Gasteiger partial charge < -0.3 is 15.4 Å². The number of benzene rings is 3. The van der Waals surface area contributed by atoms with Crippen molar-refractivity contribution < 1.29 is 57.9 Å². The summed E-state index contributed by atoms with van der Waals surface area (Å²) < 4.78 is 138. The Balaban J connectivity index is 1.79. The van der Waals surface area contributed by atoms with Gasteiger partial charge in [-0.2, -0.15) is 34.8 Å². The number of ether oxygens (including phenoxy) is 1. The van der Waals surface area contributed by atoms with Gasteiger partial charge in [0.2, 0.25) is 0 Å². The number of hydrogen-bond donors (Lipinski definition) is 4. The van der Waals surface area contributed by atoms with Gasteiger partial charge in [-0.25, -0.2) is 18.3 Å². The fourth-order valence-corrected chi connectivity index (χ4v) is 3.98. The fourth-order valence-electron chi connectivity index (χ4n) is 3.18. The van der Waals surface area contributed by atoms with E-state index in [4.69, 9.17) is 4.74 Å². The molecule has 220 valence electrons. The van der Waals surface area contributed by atoms with Gasteiger partial charge in [0.15, 0.2) is 11.6 Å². The second-order valence-corrected chi connectivity index (χ2v) is 9.37. The summed E-state index contributed by atoms with van der Waals surface area (Å²) in [5.41, 5.74) is -5.36. The first-order valence-electron chi connectivity index (χ1n) is 10.7. The van der Waals surface area contributed by atoms with Crippen LogP contribution in [0.3, 0.4) is 0 Å². The summed E-state index contributed by atoms with van der Waals surface area (Å²) in [6.07, 6.45) is -10.4. The molecular weight excluding hydrogens is 596 g/mol. The third-order valence-corrected chi connectivity index (χ3v) is 5.90. The number of nitrogens with one attached hydrogen (secondary N) is 4. The van der Waals surface area contributed by atoms with Crippen LogP contribution in [0, 0.1) is 11.6 Å². The van der Waals surface area contributed by atoms with Crippen LogP contribution in [0.1, 0.15) is 21.5 Å². The summed E-state index contributed by atoms with van der Waals surface area (Å²) >= 11 is 0. The van der Waals surface area contributed by atoms with Crippen LogP contribution in [-0.4, -0.2) is 27.5 Å². The maximum Gasteiger partial charge on any atom is 0.416 e. The van der Waals surface area contributed by atoms with E-state index in [1.807, 2.05) is 4.72 Å². The number of anilines is 3. The first-order chi connectivity index (χ1) is 18.9. The van der Waals surface area contributed by atoms with Crippen LogP contribution < -0.4 is 24.8 Å². The molecule has 0 aliphatic rings. The van der Waals surface area contributed by atoms with E-state index in [1.165, 1.54) is 4.72 Å². The Morgan fingerprint density at radius 1 is 0.756 bits per heavy atom. The van der Waals surface area contributed by atoms with Crippen molar-refractivity contribution in [2.24, 2.45) is 0 Å². The molecule has 3 amide bonds. The second kappa shape index (κ2) is 11.5. The van der Waals surface area contributed by atoms with E-state index in [0.717, 1.165) is 37.4 Å². The van der Waals surface area contributed by atoms with Gasteiger partial charge in [0.25, 0.3) is 5.91 Å². The Kier molecular flexibility index (Phi) is 8.66. The van der Waals surface area contributed by atoms with Crippen molar-refractivity contribution in [2.75, 3.05) is 22.5 Å². The van der Waals surface area contributed by atoms with Crippen molar-refractivity contribution in [3.05, 3.63) is 82.9 Å². The van der Waals surface area contributed by atoms with Crippen molar-refractivity contribution in [1.29, 1.82) is 0 Å². The lowest BCUT2D eigenvalue weighted by atomic mass is 10.1. The molecule has 0 fully saturated rings. The predicted octanol–water partition coefficient (Wildman–Crippen LogP) is 5.74. The molecule has 3 aromatic carbocycles. The normalized spacial score (nSPS) is 11.9. The molecule has 0 unspecified atom stereocenters. The SMILES string of the molecule is COc1ccc(C(=O)Nc2ccc(F)c(F)c2)cc1NS(=O)(=O)NC(=O)Nc1cc(C(F)(F)F)cc(C(F)(F)F)c1. The van der Waals surface area contributed by atoms with Gasteiger partial charge in [0, 0.05) is 23.0 Å². The zero-order valence-corrected chi connectivity index (χ0v) is 21.0. The lowest BCUT2D eigenvalue weighted by Gasteiger charge is -2.16. The van der Waals surface area contributed by atoms with Crippen molar-refractivity contribution in [2.45, 2.75) is 12.4 Å². The molecule has 0 aliphatic carbocycles. The van der Waals surface area contributed by atoms with Crippen molar-refractivity contribution >= 4 is 39.2 Å². The predicted molar refractivity (Wildman–Crippen MR) is 128 cm³/mol. The van der Waals surface area contributed by atoms with Crippen LogP contribution in [-0.2, 0) is 22.6 Å². The molecule has 0 radical (unpaired) electrons. The van der Waals surface area contributed by atoms with E-state index in [1.54, 1.807) is 5.32 Å². The molecule has 0 aromatic heterocycles. The van der Waals surface area contributed by atoms with E-state index in [0.29, 0.717) is 6.07 Å². The van der Waals surface area contributed by atoms with Crippen LogP contribution in [0.15, 0.2) is 54.6 Å². The molecule has 0 aliphatic heterocycles. The zero-order chi connectivity index (χ0) is 30.8. The Bertz CT molecular complexity index is 1560. The number of carbonyl (C=O) groups is 2. The topological polar surface area (TPSA) is 126 Å². The van der Waals surface area contributed by atoms with Crippen molar-refractivity contribution in [3.8, 4) is 5.75 Å². The van der Waals surface area contributed by atoms with Gasteiger partial charge in [-0.15, -0.1) is 0 Å². The molecule has 0 saturated carbocycles. The second-order valence-electron chi connectivity index (χ2n) is 7.95. The quantitative estimate of drug-likeness (QED) is 0.253. The number of halogens is 8. The summed E-state index contributed by atoms with van der Waals surface area (Å²) in [7, 11) is -3.82. The average Bonchev–Trinajstić information content (AvgIpc) is 2.84. The molecule has 0 bridgehead atoms. The number of amides is 3. The molecule has 4 N–H and O–H groups in total. The first-order valence-corrected chi connectivity index (χ1v) is 12.2. The number of alkyl halides is 6. The van der Waals surface area contributed by atoms with Crippen molar-refractivity contribution in [3.63, 3.8) is 0 Å². The number of hydrogen-bond acceptors (Lipinski definition) is 5. The number of carbonyl (C=O) groups excluding carboxylic acids is 2. The minimum atomic E-state index is -5.22. The molecule has 18 heteroatoms.